The van der Waals surface area contributed by atoms with Gasteiger partial charge < -0.3 is 10.2 Å². The molecule has 0 atom stereocenters. The number of hydrogen-bond donors (Lipinski definition) is 2. The lowest BCUT2D eigenvalue weighted by atomic mass is 10.2. The number of thiazole rings is 1. The third-order valence-electron chi connectivity index (χ3n) is 2.55. The molecule has 1 aromatic heterocycles. The van der Waals surface area contributed by atoms with Gasteiger partial charge in [0.25, 0.3) is 0 Å². The van der Waals surface area contributed by atoms with Gasteiger partial charge in [0.2, 0.25) is 0 Å². The van der Waals surface area contributed by atoms with E-state index in [1.54, 1.807) is 24.3 Å². The van der Waals surface area contributed by atoms with Crippen LogP contribution in [-0.2, 0) is 0 Å². The summed E-state index contributed by atoms with van der Waals surface area (Å²) in [5, 5.41) is 19.7. The van der Waals surface area contributed by atoms with Gasteiger partial charge in [-0.1, -0.05) is 0 Å². The van der Waals surface area contributed by atoms with Gasteiger partial charge in [0.1, 0.15) is 16.5 Å². The van der Waals surface area contributed by atoms with E-state index in [2.05, 4.69) is 20.9 Å². The minimum atomic E-state index is 0.218. The van der Waals surface area contributed by atoms with Crippen molar-refractivity contribution in [3.05, 3.63) is 40.9 Å². The van der Waals surface area contributed by atoms with Gasteiger partial charge in [0.05, 0.1) is 10.2 Å². The smallest absolute Gasteiger partial charge is 0.124 e. The molecule has 18 heavy (non-hydrogen) atoms. The van der Waals surface area contributed by atoms with Gasteiger partial charge in [0.15, 0.2) is 0 Å². The monoisotopic (exact) mass is 321 g/mol. The summed E-state index contributed by atoms with van der Waals surface area (Å²) < 4.78 is 1.70. The van der Waals surface area contributed by atoms with E-state index in [0.29, 0.717) is 0 Å². The molecular formula is C13H8BrNO2S. The molecule has 2 N–H and O–H groups in total. The molecule has 3 rings (SSSR count). The Kier molecular flexibility index (Phi) is 2.72. The first-order valence-corrected chi connectivity index (χ1v) is 6.83. The SMILES string of the molecule is Oc1ccc(-c2nc3c(Br)cc(O)cc3s2)cc1. The van der Waals surface area contributed by atoms with Gasteiger partial charge in [-0.2, -0.15) is 0 Å². The minimum Gasteiger partial charge on any atom is -0.508 e. The van der Waals surface area contributed by atoms with E-state index >= 15 is 0 Å². The molecule has 90 valence electrons. The van der Waals surface area contributed by atoms with Crippen LogP contribution in [0.25, 0.3) is 20.8 Å². The predicted octanol–water partition coefficient (Wildman–Crippen LogP) is 4.14. The predicted molar refractivity (Wildman–Crippen MR) is 76.1 cm³/mol. The van der Waals surface area contributed by atoms with Crippen molar-refractivity contribution in [1.29, 1.82) is 0 Å². The van der Waals surface area contributed by atoms with Crippen LogP contribution >= 0.6 is 27.3 Å². The normalized spacial score (nSPS) is 10.9. The van der Waals surface area contributed by atoms with E-state index in [4.69, 9.17) is 0 Å². The fraction of sp³-hybridized carbons (Fsp3) is 0. The second-order valence-electron chi connectivity index (χ2n) is 3.84. The summed E-state index contributed by atoms with van der Waals surface area (Å²) in [5.41, 5.74) is 1.78. The number of halogens is 1. The maximum absolute atomic E-state index is 9.54. The summed E-state index contributed by atoms with van der Waals surface area (Å²) in [5.74, 6) is 0.453. The second-order valence-corrected chi connectivity index (χ2v) is 5.73. The zero-order chi connectivity index (χ0) is 12.7. The fourth-order valence-corrected chi connectivity index (χ4v) is 3.40. The molecule has 0 aliphatic carbocycles. The minimum absolute atomic E-state index is 0.218. The molecule has 0 saturated carbocycles. The van der Waals surface area contributed by atoms with E-state index in [-0.39, 0.29) is 11.5 Å². The van der Waals surface area contributed by atoms with E-state index in [9.17, 15) is 10.2 Å². The van der Waals surface area contributed by atoms with E-state index < -0.39 is 0 Å². The molecule has 3 nitrogen and oxygen atoms in total. The highest BCUT2D eigenvalue weighted by Crippen LogP contribution is 2.36. The van der Waals surface area contributed by atoms with Crippen LogP contribution in [0.2, 0.25) is 0 Å². The van der Waals surface area contributed by atoms with Crippen molar-refractivity contribution in [2.75, 3.05) is 0 Å². The molecule has 0 saturated heterocycles. The quantitative estimate of drug-likeness (QED) is 0.708. The van der Waals surface area contributed by atoms with Crippen LogP contribution in [0.4, 0.5) is 0 Å². The van der Waals surface area contributed by atoms with E-state index in [1.165, 1.54) is 11.3 Å². The standard InChI is InChI=1S/C13H8BrNO2S/c14-10-5-9(17)6-11-12(10)15-13(18-11)7-1-3-8(16)4-2-7/h1-6,16-17H. The van der Waals surface area contributed by atoms with Crippen molar-refractivity contribution in [2.24, 2.45) is 0 Å². The first kappa shape index (κ1) is 11.5. The lowest BCUT2D eigenvalue weighted by Crippen LogP contribution is -1.75. The second kappa shape index (κ2) is 4.26. The fourth-order valence-electron chi connectivity index (χ4n) is 1.70. The molecule has 3 aromatic rings. The number of benzene rings is 2. The molecular weight excluding hydrogens is 314 g/mol. The summed E-state index contributed by atoms with van der Waals surface area (Å²) in [7, 11) is 0. The van der Waals surface area contributed by atoms with E-state index in [1.807, 2.05) is 12.1 Å². The topological polar surface area (TPSA) is 53.4 Å². The zero-order valence-corrected chi connectivity index (χ0v) is 11.5. The van der Waals surface area contributed by atoms with Gasteiger partial charge in [-0.15, -0.1) is 11.3 Å². The first-order chi connectivity index (χ1) is 8.63. The molecule has 0 fully saturated rings. The summed E-state index contributed by atoms with van der Waals surface area (Å²) in [6.45, 7) is 0. The van der Waals surface area contributed by atoms with Gasteiger partial charge in [-0.25, -0.2) is 4.98 Å². The molecule has 0 amide bonds. The lowest BCUT2D eigenvalue weighted by molar-refractivity contribution is 0.475. The van der Waals surface area contributed by atoms with Crippen LogP contribution in [-0.4, -0.2) is 15.2 Å². The number of hydrogen-bond acceptors (Lipinski definition) is 4. The highest BCUT2D eigenvalue weighted by molar-refractivity contribution is 9.10. The van der Waals surface area contributed by atoms with Crippen molar-refractivity contribution in [3.63, 3.8) is 0 Å². The summed E-state index contributed by atoms with van der Waals surface area (Å²) in [6, 6.07) is 10.2. The summed E-state index contributed by atoms with van der Waals surface area (Å²) in [6.07, 6.45) is 0. The third kappa shape index (κ3) is 1.95. The number of rotatable bonds is 1. The first-order valence-electron chi connectivity index (χ1n) is 5.22. The highest BCUT2D eigenvalue weighted by Gasteiger charge is 2.10. The average molecular weight is 322 g/mol. The van der Waals surface area contributed by atoms with E-state index in [0.717, 1.165) is 25.3 Å². The van der Waals surface area contributed by atoms with Crippen molar-refractivity contribution in [3.8, 4) is 22.1 Å². The van der Waals surface area contributed by atoms with Crippen LogP contribution in [0.5, 0.6) is 11.5 Å². The maximum atomic E-state index is 9.54. The van der Waals surface area contributed by atoms with Crippen molar-refractivity contribution < 1.29 is 10.2 Å². The Labute approximate surface area is 115 Å². The largest absolute Gasteiger partial charge is 0.508 e. The number of phenols is 2. The van der Waals surface area contributed by atoms with Gasteiger partial charge in [-0.3, -0.25) is 0 Å². The maximum Gasteiger partial charge on any atom is 0.124 e. The average Bonchev–Trinajstić information content (AvgIpc) is 2.74. The Hall–Kier alpha value is -1.59. The van der Waals surface area contributed by atoms with Gasteiger partial charge in [-0.05, 0) is 52.3 Å². The number of fused-ring (bicyclic) bond motifs is 1. The molecule has 5 heteroatoms. The van der Waals surface area contributed by atoms with Crippen LogP contribution in [0, 0.1) is 0 Å². The van der Waals surface area contributed by atoms with Crippen LogP contribution in [0.15, 0.2) is 40.9 Å². The molecule has 0 spiro atoms. The summed E-state index contributed by atoms with van der Waals surface area (Å²) in [4.78, 5) is 4.53. The van der Waals surface area contributed by atoms with Crippen molar-refractivity contribution >= 4 is 37.5 Å². The number of aromatic nitrogens is 1. The van der Waals surface area contributed by atoms with Crippen LogP contribution in [0.3, 0.4) is 0 Å². The summed E-state index contributed by atoms with van der Waals surface area (Å²) >= 11 is 4.89. The number of phenolic OH excluding ortho intramolecular Hbond substituents is 2. The van der Waals surface area contributed by atoms with Gasteiger partial charge >= 0.3 is 0 Å². The Morgan fingerprint density at radius 3 is 2.44 bits per heavy atom. The molecule has 1 heterocycles. The van der Waals surface area contributed by atoms with Crippen LogP contribution in [0.1, 0.15) is 0 Å². The zero-order valence-electron chi connectivity index (χ0n) is 9.09. The highest BCUT2D eigenvalue weighted by atomic mass is 79.9. The number of aromatic hydroxyl groups is 2. The van der Waals surface area contributed by atoms with Gasteiger partial charge in [0, 0.05) is 10.0 Å². The molecule has 0 unspecified atom stereocenters. The Bertz CT molecular complexity index is 722. The van der Waals surface area contributed by atoms with Crippen LogP contribution < -0.4 is 0 Å². The van der Waals surface area contributed by atoms with Crippen molar-refractivity contribution in [2.45, 2.75) is 0 Å². The third-order valence-corrected chi connectivity index (χ3v) is 4.20. The molecule has 0 aliphatic rings. The molecule has 0 radical (unpaired) electrons. The molecule has 0 aliphatic heterocycles. The number of nitrogens with zero attached hydrogens (tertiary/aromatic N) is 1. The molecule has 0 bridgehead atoms. The Balaban J connectivity index is 2.19. The van der Waals surface area contributed by atoms with Crippen molar-refractivity contribution in [1.82, 2.24) is 4.98 Å². The Morgan fingerprint density at radius 1 is 1.00 bits per heavy atom. The molecule has 2 aromatic carbocycles. The Morgan fingerprint density at radius 2 is 1.72 bits per heavy atom. The lowest BCUT2D eigenvalue weighted by Gasteiger charge is -1.95.